The first kappa shape index (κ1) is 21.8. The minimum Gasteiger partial charge on any atom is -0.493 e. The number of anilines is 2. The number of hydrogen-bond acceptors (Lipinski definition) is 9. The molecule has 1 fully saturated rings. The summed E-state index contributed by atoms with van der Waals surface area (Å²) < 4.78 is 16.4. The molecule has 3 N–H and O–H groups in total. The molecule has 0 bridgehead atoms. The largest absolute Gasteiger partial charge is 0.493 e. The SMILES string of the molecule is COc1ccc(NC2N=C(N)N=C(N3CCOCC3)N2c2cccc(C)c2C)cc1OC. The van der Waals surface area contributed by atoms with E-state index in [9.17, 15) is 0 Å². The number of aliphatic imine (C=N–C) groups is 2. The monoisotopic (exact) mass is 438 g/mol. The Labute approximate surface area is 188 Å². The molecule has 32 heavy (non-hydrogen) atoms. The third-order valence-corrected chi connectivity index (χ3v) is 5.74. The van der Waals surface area contributed by atoms with Crippen molar-refractivity contribution < 1.29 is 14.2 Å². The second-order valence-electron chi connectivity index (χ2n) is 7.68. The highest BCUT2D eigenvalue weighted by Crippen LogP contribution is 2.32. The molecule has 4 rings (SSSR count). The first-order valence-corrected chi connectivity index (χ1v) is 10.6. The fourth-order valence-electron chi connectivity index (χ4n) is 3.87. The van der Waals surface area contributed by atoms with Crippen LogP contribution in [-0.4, -0.2) is 63.6 Å². The van der Waals surface area contributed by atoms with Crippen LogP contribution in [0.4, 0.5) is 11.4 Å². The van der Waals surface area contributed by atoms with Gasteiger partial charge in [-0.15, -0.1) is 0 Å². The molecule has 0 spiro atoms. The Morgan fingerprint density at radius 3 is 2.53 bits per heavy atom. The molecule has 9 heteroatoms. The fraction of sp³-hybridized carbons (Fsp3) is 0.391. The van der Waals surface area contributed by atoms with Crippen LogP contribution in [0.5, 0.6) is 11.5 Å². The normalized spacial score (nSPS) is 18.7. The van der Waals surface area contributed by atoms with Gasteiger partial charge in [-0.05, 0) is 43.2 Å². The molecular weight excluding hydrogens is 408 g/mol. The molecule has 0 aliphatic carbocycles. The molecule has 2 aromatic rings. The Hall–Kier alpha value is -3.46. The van der Waals surface area contributed by atoms with Gasteiger partial charge < -0.3 is 30.2 Å². The van der Waals surface area contributed by atoms with Crippen LogP contribution >= 0.6 is 0 Å². The lowest BCUT2D eigenvalue weighted by Gasteiger charge is -2.41. The Morgan fingerprint density at radius 2 is 1.81 bits per heavy atom. The number of morpholine rings is 1. The zero-order chi connectivity index (χ0) is 22.7. The highest BCUT2D eigenvalue weighted by atomic mass is 16.5. The summed E-state index contributed by atoms with van der Waals surface area (Å²) in [4.78, 5) is 13.6. The summed E-state index contributed by atoms with van der Waals surface area (Å²) in [6, 6.07) is 11.9. The van der Waals surface area contributed by atoms with Crippen LogP contribution in [0.3, 0.4) is 0 Å². The van der Waals surface area contributed by atoms with Crippen LogP contribution < -0.4 is 25.4 Å². The zero-order valence-corrected chi connectivity index (χ0v) is 19.0. The van der Waals surface area contributed by atoms with Crippen molar-refractivity contribution in [3.63, 3.8) is 0 Å². The molecule has 0 radical (unpaired) electrons. The van der Waals surface area contributed by atoms with Crippen molar-refractivity contribution in [3.05, 3.63) is 47.5 Å². The highest BCUT2D eigenvalue weighted by molar-refractivity contribution is 6.06. The number of guanidine groups is 2. The molecule has 9 nitrogen and oxygen atoms in total. The second kappa shape index (κ2) is 9.35. The number of hydrogen-bond donors (Lipinski definition) is 2. The maximum Gasteiger partial charge on any atom is 0.222 e. The highest BCUT2D eigenvalue weighted by Gasteiger charge is 2.33. The lowest BCUT2D eigenvalue weighted by atomic mass is 10.1. The summed E-state index contributed by atoms with van der Waals surface area (Å²) in [6.07, 6.45) is -0.496. The average Bonchev–Trinajstić information content (AvgIpc) is 2.81. The van der Waals surface area contributed by atoms with Gasteiger partial charge in [0.1, 0.15) is 0 Å². The standard InChI is InChI=1S/C23H30N6O3/c1-15-6-5-7-18(16(15)2)29-22(25-17-8-9-19(30-3)20(14-17)31-4)26-21(24)27-23(29)28-10-12-32-13-11-28/h5-9,14,22,25H,10-13H2,1-4H3,(H2,24,26). The number of ether oxygens (including phenoxy) is 3. The van der Waals surface area contributed by atoms with Gasteiger partial charge in [0.25, 0.3) is 0 Å². The van der Waals surface area contributed by atoms with Gasteiger partial charge in [0.15, 0.2) is 11.5 Å². The summed E-state index contributed by atoms with van der Waals surface area (Å²) in [7, 11) is 3.23. The molecule has 0 saturated carbocycles. The van der Waals surface area contributed by atoms with Gasteiger partial charge in [-0.25, -0.2) is 4.99 Å². The van der Waals surface area contributed by atoms with Crippen molar-refractivity contribution in [3.8, 4) is 11.5 Å². The van der Waals surface area contributed by atoms with Crippen LogP contribution in [0.1, 0.15) is 11.1 Å². The van der Waals surface area contributed by atoms with Crippen molar-refractivity contribution in [2.45, 2.75) is 20.1 Å². The molecule has 0 aromatic heterocycles. The molecule has 0 amide bonds. The number of nitrogens with zero attached hydrogens (tertiary/aromatic N) is 4. The number of benzene rings is 2. The smallest absolute Gasteiger partial charge is 0.222 e. The summed E-state index contributed by atoms with van der Waals surface area (Å²) in [5.74, 6) is 2.27. The van der Waals surface area contributed by atoms with Gasteiger partial charge in [0, 0.05) is 24.8 Å². The molecule has 2 aromatic carbocycles. The summed E-state index contributed by atoms with van der Waals surface area (Å²) in [5.41, 5.74) is 10.4. The van der Waals surface area contributed by atoms with Crippen LogP contribution in [0.25, 0.3) is 0 Å². The van der Waals surface area contributed by atoms with E-state index in [-0.39, 0.29) is 5.96 Å². The van der Waals surface area contributed by atoms with Gasteiger partial charge in [0.05, 0.1) is 33.1 Å². The van der Waals surface area contributed by atoms with Gasteiger partial charge in [-0.1, -0.05) is 12.1 Å². The van der Waals surface area contributed by atoms with Gasteiger partial charge >= 0.3 is 0 Å². The molecule has 170 valence electrons. The van der Waals surface area contributed by atoms with Crippen LogP contribution in [-0.2, 0) is 4.74 Å². The van der Waals surface area contributed by atoms with Crippen LogP contribution in [0.2, 0.25) is 0 Å². The topological polar surface area (TPSA) is 96.9 Å². The summed E-state index contributed by atoms with van der Waals surface area (Å²) >= 11 is 0. The van der Waals surface area contributed by atoms with Crippen molar-refractivity contribution in [1.82, 2.24) is 4.90 Å². The number of rotatable bonds is 5. The van der Waals surface area contributed by atoms with Crippen molar-refractivity contribution >= 4 is 23.3 Å². The molecular formula is C23H30N6O3. The molecule has 1 atom stereocenters. The molecule has 2 aliphatic heterocycles. The Balaban J connectivity index is 1.75. The lowest BCUT2D eigenvalue weighted by Crippen LogP contribution is -2.57. The Morgan fingerprint density at radius 1 is 1.06 bits per heavy atom. The predicted octanol–water partition coefficient (Wildman–Crippen LogP) is 2.54. The van der Waals surface area contributed by atoms with E-state index in [1.807, 2.05) is 24.3 Å². The van der Waals surface area contributed by atoms with Crippen molar-refractivity contribution in [2.75, 3.05) is 50.7 Å². The average molecular weight is 439 g/mol. The van der Waals surface area contributed by atoms with E-state index in [4.69, 9.17) is 19.9 Å². The number of nitrogens with one attached hydrogen (secondary N) is 1. The lowest BCUT2D eigenvalue weighted by molar-refractivity contribution is 0.0671. The molecule has 2 heterocycles. The van der Waals surface area contributed by atoms with Gasteiger partial charge in [0.2, 0.25) is 18.2 Å². The minimum absolute atomic E-state index is 0.228. The van der Waals surface area contributed by atoms with Gasteiger partial charge in [-0.3, -0.25) is 4.90 Å². The second-order valence-corrected chi connectivity index (χ2v) is 7.68. The molecule has 2 aliphatic rings. The Bertz CT molecular complexity index is 1030. The number of nitrogens with two attached hydrogens (primary N) is 1. The van der Waals surface area contributed by atoms with Crippen molar-refractivity contribution in [1.29, 1.82) is 0 Å². The summed E-state index contributed by atoms with van der Waals surface area (Å²) in [6.45, 7) is 6.96. The molecule has 1 saturated heterocycles. The summed E-state index contributed by atoms with van der Waals surface area (Å²) in [5, 5.41) is 3.49. The van der Waals surface area contributed by atoms with E-state index in [2.05, 4.69) is 51.1 Å². The van der Waals surface area contributed by atoms with E-state index in [1.165, 1.54) is 5.56 Å². The van der Waals surface area contributed by atoms with E-state index < -0.39 is 6.29 Å². The third kappa shape index (κ3) is 4.29. The fourth-order valence-corrected chi connectivity index (χ4v) is 3.87. The first-order valence-electron chi connectivity index (χ1n) is 10.6. The zero-order valence-electron chi connectivity index (χ0n) is 19.0. The molecule has 1 unspecified atom stereocenters. The maximum atomic E-state index is 6.18. The quantitative estimate of drug-likeness (QED) is 0.740. The number of methoxy groups -OCH3 is 2. The Kier molecular flexibility index (Phi) is 6.36. The minimum atomic E-state index is -0.496. The predicted molar refractivity (Wildman–Crippen MR) is 127 cm³/mol. The maximum absolute atomic E-state index is 6.18. The number of aryl methyl sites for hydroxylation is 1. The van der Waals surface area contributed by atoms with Crippen LogP contribution in [0.15, 0.2) is 46.4 Å². The van der Waals surface area contributed by atoms with E-state index in [0.29, 0.717) is 24.7 Å². The first-order chi connectivity index (χ1) is 15.5. The third-order valence-electron chi connectivity index (χ3n) is 5.74. The van der Waals surface area contributed by atoms with Crippen LogP contribution in [0, 0.1) is 13.8 Å². The van der Waals surface area contributed by atoms with E-state index in [1.54, 1.807) is 14.2 Å². The van der Waals surface area contributed by atoms with Gasteiger partial charge in [-0.2, -0.15) is 4.99 Å². The van der Waals surface area contributed by atoms with Crippen molar-refractivity contribution in [2.24, 2.45) is 15.7 Å². The van der Waals surface area contributed by atoms with E-state index >= 15 is 0 Å². The van der Waals surface area contributed by atoms with E-state index in [0.717, 1.165) is 36.0 Å².